The summed E-state index contributed by atoms with van der Waals surface area (Å²) in [7, 11) is 0. The minimum atomic E-state index is -0.942. The lowest BCUT2D eigenvalue weighted by molar-refractivity contribution is -0.139. The van der Waals surface area contributed by atoms with E-state index in [-0.39, 0.29) is 18.1 Å². The average Bonchev–Trinajstić information content (AvgIpc) is 2.77. The highest BCUT2D eigenvalue weighted by Gasteiger charge is 2.31. The predicted octanol–water partition coefficient (Wildman–Crippen LogP) is 4.75. The predicted molar refractivity (Wildman–Crippen MR) is 127 cm³/mol. The number of urea groups is 1. The summed E-state index contributed by atoms with van der Waals surface area (Å²) in [6.45, 7) is 5.10. The highest BCUT2D eigenvalue weighted by Crippen LogP contribution is 2.23. The summed E-state index contributed by atoms with van der Waals surface area (Å²) in [5.74, 6) is 0.117. The summed E-state index contributed by atoms with van der Waals surface area (Å²) >= 11 is 0. The van der Waals surface area contributed by atoms with Crippen LogP contribution in [0.4, 0.5) is 10.6 Å². The number of nitrogens with one attached hydrogen (secondary N) is 2. The van der Waals surface area contributed by atoms with Gasteiger partial charge in [-0.25, -0.2) is 14.6 Å². The van der Waals surface area contributed by atoms with Crippen molar-refractivity contribution in [2.45, 2.75) is 109 Å². The molecule has 178 valence electrons. The van der Waals surface area contributed by atoms with Crippen LogP contribution in [-0.4, -0.2) is 51.7 Å². The minimum Gasteiger partial charge on any atom is -0.480 e. The molecule has 1 fully saturated rings. The smallest absolute Gasteiger partial charge is 0.326 e. The third kappa shape index (κ3) is 6.84. The van der Waals surface area contributed by atoms with E-state index in [1.807, 2.05) is 18.7 Å². The number of piperidine rings is 1. The lowest BCUT2D eigenvalue weighted by atomic mass is 9.98. The van der Waals surface area contributed by atoms with Crippen molar-refractivity contribution in [1.82, 2.24) is 15.2 Å². The first-order valence-corrected chi connectivity index (χ1v) is 12.5. The Morgan fingerprint density at radius 3 is 2.59 bits per heavy atom. The fourth-order valence-electron chi connectivity index (χ4n) is 5.00. The second kappa shape index (κ2) is 12.1. The highest BCUT2D eigenvalue weighted by atomic mass is 16.4. The molecule has 3 unspecified atom stereocenters. The summed E-state index contributed by atoms with van der Waals surface area (Å²) < 4.78 is 0. The van der Waals surface area contributed by atoms with Crippen molar-refractivity contribution in [1.29, 1.82) is 0 Å². The van der Waals surface area contributed by atoms with Crippen LogP contribution in [0.3, 0.4) is 0 Å². The Morgan fingerprint density at radius 1 is 1.12 bits per heavy atom. The molecule has 7 nitrogen and oxygen atoms in total. The van der Waals surface area contributed by atoms with E-state index in [2.05, 4.69) is 22.8 Å². The van der Waals surface area contributed by atoms with Crippen LogP contribution in [0.15, 0.2) is 12.1 Å². The average molecular weight is 445 g/mol. The number of carbonyl (C=O) groups is 2. The lowest BCUT2D eigenvalue weighted by Gasteiger charge is -2.39. The molecule has 7 heteroatoms. The number of fused-ring (bicyclic) bond motifs is 1. The summed E-state index contributed by atoms with van der Waals surface area (Å²) in [5, 5.41) is 15.7. The van der Waals surface area contributed by atoms with Crippen LogP contribution in [-0.2, 0) is 17.6 Å². The number of nitrogens with zero attached hydrogens (tertiary/aromatic N) is 2. The molecule has 3 rings (SSSR count). The normalized spacial score (nSPS) is 21.4. The van der Waals surface area contributed by atoms with E-state index >= 15 is 0 Å². The maximum Gasteiger partial charge on any atom is 0.326 e. The number of carbonyl (C=O) groups excluding carboxylic acids is 1. The second-order valence-electron chi connectivity index (χ2n) is 9.52. The molecule has 1 aromatic rings. The van der Waals surface area contributed by atoms with E-state index in [0.717, 1.165) is 82.3 Å². The maximum absolute atomic E-state index is 12.7. The quantitative estimate of drug-likeness (QED) is 0.453. The Kier molecular flexibility index (Phi) is 9.18. The molecule has 2 aliphatic rings. The third-order valence-corrected chi connectivity index (χ3v) is 6.90. The zero-order valence-electron chi connectivity index (χ0n) is 19.7. The molecule has 0 saturated carbocycles. The zero-order valence-corrected chi connectivity index (χ0v) is 19.7. The topological polar surface area (TPSA) is 94.6 Å². The fraction of sp³-hybridized carbons (Fsp3) is 0.720. The summed E-state index contributed by atoms with van der Waals surface area (Å²) in [6, 6.07) is 3.63. The van der Waals surface area contributed by atoms with Gasteiger partial charge in [-0.05, 0) is 76.8 Å². The van der Waals surface area contributed by atoms with Gasteiger partial charge in [-0.15, -0.1) is 0 Å². The van der Waals surface area contributed by atoms with Gasteiger partial charge in [-0.1, -0.05) is 31.7 Å². The number of carboxylic acid groups (broad SMARTS) is 1. The number of likely N-dealkylation sites (tertiary alicyclic amines) is 1. The van der Waals surface area contributed by atoms with Crippen molar-refractivity contribution < 1.29 is 14.7 Å². The fourth-order valence-corrected chi connectivity index (χ4v) is 5.00. The lowest BCUT2D eigenvalue weighted by Crippen LogP contribution is -2.55. The van der Waals surface area contributed by atoms with Gasteiger partial charge in [0.1, 0.15) is 11.9 Å². The molecule has 1 aromatic heterocycles. The summed E-state index contributed by atoms with van der Waals surface area (Å²) in [6.07, 6.45) is 11.9. The van der Waals surface area contributed by atoms with Gasteiger partial charge in [0.05, 0.1) is 0 Å². The van der Waals surface area contributed by atoms with E-state index in [1.165, 1.54) is 12.0 Å². The van der Waals surface area contributed by atoms with Crippen molar-refractivity contribution in [2.24, 2.45) is 0 Å². The number of aliphatic carboxylic acids is 1. The van der Waals surface area contributed by atoms with E-state index in [4.69, 9.17) is 4.98 Å². The second-order valence-corrected chi connectivity index (χ2v) is 9.52. The number of amides is 2. The Hall–Kier alpha value is -2.31. The molecule has 0 aromatic carbocycles. The van der Waals surface area contributed by atoms with Crippen molar-refractivity contribution in [2.75, 3.05) is 11.9 Å². The molecule has 32 heavy (non-hydrogen) atoms. The largest absolute Gasteiger partial charge is 0.480 e. The van der Waals surface area contributed by atoms with Crippen LogP contribution < -0.4 is 10.6 Å². The van der Waals surface area contributed by atoms with E-state index in [0.29, 0.717) is 6.42 Å². The number of aryl methyl sites for hydroxylation is 2. The van der Waals surface area contributed by atoms with Gasteiger partial charge < -0.3 is 20.6 Å². The van der Waals surface area contributed by atoms with Crippen LogP contribution in [0.25, 0.3) is 0 Å². The van der Waals surface area contributed by atoms with Crippen LogP contribution in [0.2, 0.25) is 0 Å². The first-order chi connectivity index (χ1) is 15.5. The number of aromatic nitrogens is 1. The van der Waals surface area contributed by atoms with Gasteiger partial charge in [0, 0.05) is 24.3 Å². The first-order valence-electron chi connectivity index (χ1n) is 12.5. The monoisotopic (exact) mass is 444 g/mol. The van der Waals surface area contributed by atoms with E-state index in [9.17, 15) is 14.7 Å². The molecule has 0 aliphatic carbocycles. The number of unbranched alkanes of at least 4 members (excludes halogenated alkanes) is 4. The maximum atomic E-state index is 12.7. The van der Waals surface area contributed by atoms with Crippen LogP contribution >= 0.6 is 0 Å². The molecular weight excluding hydrogens is 404 g/mol. The van der Waals surface area contributed by atoms with Crippen molar-refractivity contribution >= 4 is 17.8 Å². The van der Waals surface area contributed by atoms with E-state index in [1.54, 1.807) is 0 Å². The molecule has 0 bridgehead atoms. The van der Waals surface area contributed by atoms with Gasteiger partial charge in [0.15, 0.2) is 0 Å². The molecule has 3 atom stereocenters. The van der Waals surface area contributed by atoms with Crippen molar-refractivity contribution in [3.8, 4) is 0 Å². The van der Waals surface area contributed by atoms with E-state index < -0.39 is 12.0 Å². The Bertz CT molecular complexity index is 760. The SMILES string of the molecule is CC1CCCC(C)N1C(=O)NC(CCCCCCCc1ccc2c(n1)NCCC2)C(=O)O. The summed E-state index contributed by atoms with van der Waals surface area (Å²) in [4.78, 5) is 30.9. The van der Waals surface area contributed by atoms with Crippen LogP contribution in [0.1, 0.15) is 89.3 Å². The first kappa shape index (κ1) is 24.3. The third-order valence-electron chi connectivity index (χ3n) is 6.90. The van der Waals surface area contributed by atoms with Gasteiger partial charge in [0.2, 0.25) is 0 Å². The number of carboxylic acids is 1. The molecule has 2 aliphatic heterocycles. The Balaban J connectivity index is 1.32. The van der Waals surface area contributed by atoms with Crippen LogP contribution in [0.5, 0.6) is 0 Å². The number of hydrogen-bond donors (Lipinski definition) is 3. The van der Waals surface area contributed by atoms with Gasteiger partial charge in [-0.3, -0.25) is 0 Å². The molecule has 2 amide bonds. The van der Waals surface area contributed by atoms with Crippen molar-refractivity contribution in [3.05, 3.63) is 23.4 Å². The number of pyridine rings is 1. The van der Waals surface area contributed by atoms with Crippen LogP contribution in [0, 0.1) is 0 Å². The van der Waals surface area contributed by atoms with Crippen molar-refractivity contribution in [3.63, 3.8) is 0 Å². The molecule has 3 N–H and O–H groups in total. The van der Waals surface area contributed by atoms with Gasteiger partial charge in [-0.2, -0.15) is 0 Å². The Labute approximate surface area is 192 Å². The summed E-state index contributed by atoms with van der Waals surface area (Å²) in [5.41, 5.74) is 2.47. The zero-order chi connectivity index (χ0) is 22.9. The Morgan fingerprint density at radius 2 is 1.84 bits per heavy atom. The van der Waals surface area contributed by atoms with Gasteiger partial charge >= 0.3 is 12.0 Å². The number of hydrogen-bond acceptors (Lipinski definition) is 4. The minimum absolute atomic E-state index is 0.161. The van der Waals surface area contributed by atoms with Gasteiger partial charge in [0.25, 0.3) is 0 Å². The molecule has 3 heterocycles. The molecular formula is C25H40N4O3. The standard InChI is InChI=1S/C25H40N4O3/c1-18-10-8-11-19(2)29(18)25(32)28-22(24(30)31)14-7-5-3-4-6-13-21-16-15-20-12-9-17-26-23(20)27-21/h15-16,18-19,22H,3-14,17H2,1-2H3,(H,26,27)(H,28,32)(H,30,31). The molecule has 1 saturated heterocycles. The molecule has 0 spiro atoms. The number of rotatable bonds is 10. The number of anilines is 1. The highest BCUT2D eigenvalue weighted by molar-refractivity contribution is 5.82. The molecule has 0 radical (unpaired) electrons.